The maximum absolute atomic E-state index is 11.8. The number of benzene rings is 1. The second kappa shape index (κ2) is 3.21. The largest absolute Gasteiger partial charge is 0.342 e. The summed E-state index contributed by atoms with van der Waals surface area (Å²) in [6.45, 7) is 3.26. The minimum absolute atomic E-state index is 0.167. The zero-order valence-electron chi connectivity index (χ0n) is 8.20. The predicted molar refractivity (Wildman–Crippen MR) is 60.1 cm³/mol. The first-order chi connectivity index (χ1) is 6.92. The summed E-state index contributed by atoms with van der Waals surface area (Å²) in [5.74, 6) is 0.365. The van der Waals surface area contributed by atoms with E-state index in [1.54, 1.807) is 26.0 Å². The van der Waals surface area contributed by atoms with Gasteiger partial charge in [0.2, 0.25) is 0 Å². The Balaban J connectivity index is 2.82. The van der Waals surface area contributed by atoms with Crippen LogP contribution < -0.4 is 5.32 Å². The number of fused-ring (bicyclic) bond motifs is 1. The molecule has 0 atom stereocenters. The number of anilines is 1. The summed E-state index contributed by atoms with van der Waals surface area (Å²) in [5.41, 5.74) is 1.06. The standard InChI is InChI=1S/C9H9ClN2O2S/c1-5-7(10)3-4-8-9(5)15(13,14)12-6(2)11-8/h3-4H,1-2H3,(H,11,12). The molecule has 1 heterocycles. The van der Waals surface area contributed by atoms with Gasteiger partial charge in [0, 0.05) is 5.02 Å². The van der Waals surface area contributed by atoms with Crippen LogP contribution >= 0.6 is 11.6 Å². The van der Waals surface area contributed by atoms with E-state index in [1.165, 1.54) is 0 Å². The van der Waals surface area contributed by atoms with Crippen molar-refractivity contribution in [2.45, 2.75) is 18.7 Å². The Morgan fingerprint density at radius 1 is 1.33 bits per heavy atom. The maximum atomic E-state index is 11.8. The summed E-state index contributed by atoms with van der Waals surface area (Å²) >= 11 is 5.87. The van der Waals surface area contributed by atoms with Crippen LogP contribution in [0, 0.1) is 6.92 Å². The minimum Gasteiger partial charge on any atom is -0.342 e. The van der Waals surface area contributed by atoms with Crippen LogP contribution in [0.3, 0.4) is 0 Å². The van der Waals surface area contributed by atoms with Gasteiger partial charge in [-0.1, -0.05) is 11.6 Å². The molecular formula is C9H9ClN2O2S. The molecule has 0 aromatic heterocycles. The highest BCUT2D eigenvalue weighted by Gasteiger charge is 2.26. The van der Waals surface area contributed by atoms with Gasteiger partial charge in [-0.25, -0.2) is 0 Å². The molecule has 0 radical (unpaired) electrons. The van der Waals surface area contributed by atoms with E-state index < -0.39 is 10.0 Å². The fourth-order valence-corrected chi connectivity index (χ4v) is 3.15. The molecule has 0 saturated heterocycles. The summed E-state index contributed by atoms with van der Waals surface area (Å²) in [5, 5.41) is 3.32. The van der Waals surface area contributed by atoms with Gasteiger partial charge < -0.3 is 5.32 Å². The third kappa shape index (κ3) is 1.61. The molecule has 1 aromatic rings. The van der Waals surface area contributed by atoms with E-state index in [0.29, 0.717) is 22.1 Å². The fraction of sp³-hybridized carbons (Fsp3) is 0.222. The maximum Gasteiger partial charge on any atom is 0.286 e. The van der Waals surface area contributed by atoms with Crippen LogP contribution in [0.4, 0.5) is 5.69 Å². The molecule has 1 N–H and O–H groups in total. The average Bonchev–Trinajstić information content (AvgIpc) is 2.08. The van der Waals surface area contributed by atoms with E-state index in [-0.39, 0.29) is 4.90 Å². The molecule has 1 aliphatic heterocycles. The number of hydrogen-bond acceptors (Lipinski definition) is 3. The summed E-state index contributed by atoms with van der Waals surface area (Å²) in [6.07, 6.45) is 0. The Bertz CT molecular complexity index is 564. The van der Waals surface area contributed by atoms with Gasteiger partial charge in [0.15, 0.2) is 0 Å². The number of sulfonamides is 1. The first-order valence-electron chi connectivity index (χ1n) is 4.29. The Kier molecular flexibility index (Phi) is 2.24. The van der Waals surface area contributed by atoms with Crippen LogP contribution in [-0.4, -0.2) is 14.3 Å². The molecule has 0 spiro atoms. The van der Waals surface area contributed by atoms with Crippen LogP contribution in [-0.2, 0) is 10.0 Å². The summed E-state index contributed by atoms with van der Waals surface area (Å²) in [6, 6.07) is 3.30. The van der Waals surface area contributed by atoms with Crippen LogP contribution in [0.2, 0.25) is 5.02 Å². The quantitative estimate of drug-likeness (QED) is 0.761. The Labute approximate surface area is 93.0 Å². The van der Waals surface area contributed by atoms with Crippen molar-refractivity contribution >= 4 is 33.1 Å². The van der Waals surface area contributed by atoms with Crippen LogP contribution in [0.5, 0.6) is 0 Å². The zero-order valence-corrected chi connectivity index (χ0v) is 9.78. The minimum atomic E-state index is -3.60. The van der Waals surface area contributed by atoms with Crippen LogP contribution in [0.1, 0.15) is 12.5 Å². The molecule has 1 aromatic carbocycles. The highest BCUT2D eigenvalue weighted by atomic mass is 35.5. The SMILES string of the molecule is CC1=NS(=O)(=O)c2c(ccc(Cl)c2C)N1. The molecule has 6 heteroatoms. The first-order valence-corrected chi connectivity index (χ1v) is 6.11. The molecule has 1 aliphatic rings. The van der Waals surface area contributed by atoms with E-state index in [1.807, 2.05) is 0 Å². The van der Waals surface area contributed by atoms with Crippen molar-refractivity contribution in [1.29, 1.82) is 0 Å². The molecule has 0 aliphatic carbocycles. The van der Waals surface area contributed by atoms with E-state index in [4.69, 9.17) is 11.6 Å². The fourth-order valence-electron chi connectivity index (χ4n) is 1.54. The van der Waals surface area contributed by atoms with E-state index >= 15 is 0 Å². The van der Waals surface area contributed by atoms with Gasteiger partial charge in [-0.05, 0) is 31.5 Å². The molecule has 0 amide bonds. The first kappa shape index (κ1) is 10.4. The molecule has 0 saturated carbocycles. The van der Waals surface area contributed by atoms with Crippen molar-refractivity contribution in [2.75, 3.05) is 5.32 Å². The lowest BCUT2D eigenvalue weighted by molar-refractivity contribution is 0.597. The molecule has 0 fully saturated rings. The van der Waals surface area contributed by atoms with Gasteiger partial charge in [-0.3, -0.25) is 0 Å². The highest BCUT2D eigenvalue weighted by Crippen LogP contribution is 2.33. The monoisotopic (exact) mass is 244 g/mol. The van der Waals surface area contributed by atoms with Gasteiger partial charge in [0.1, 0.15) is 10.7 Å². The third-order valence-electron chi connectivity index (χ3n) is 2.17. The molecule has 80 valence electrons. The summed E-state index contributed by atoms with van der Waals surface area (Å²) in [7, 11) is -3.60. The molecular weight excluding hydrogens is 236 g/mol. The number of hydrogen-bond donors (Lipinski definition) is 1. The van der Waals surface area contributed by atoms with E-state index in [0.717, 1.165) is 0 Å². The van der Waals surface area contributed by atoms with Crippen molar-refractivity contribution in [2.24, 2.45) is 4.40 Å². The van der Waals surface area contributed by atoms with Gasteiger partial charge in [0.25, 0.3) is 10.0 Å². The third-order valence-corrected chi connectivity index (χ3v) is 4.14. The second-order valence-electron chi connectivity index (χ2n) is 3.33. The van der Waals surface area contributed by atoms with Gasteiger partial charge >= 0.3 is 0 Å². The van der Waals surface area contributed by atoms with Crippen LogP contribution in [0.15, 0.2) is 21.4 Å². The number of halogens is 1. The number of nitrogens with zero attached hydrogens (tertiary/aromatic N) is 1. The van der Waals surface area contributed by atoms with Crippen molar-refractivity contribution in [1.82, 2.24) is 0 Å². The van der Waals surface area contributed by atoms with Crippen LogP contribution in [0.25, 0.3) is 0 Å². The normalized spacial score (nSPS) is 17.7. The second-order valence-corrected chi connectivity index (χ2v) is 5.27. The Morgan fingerprint density at radius 3 is 2.67 bits per heavy atom. The van der Waals surface area contributed by atoms with Crippen molar-refractivity contribution in [3.05, 3.63) is 22.7 Å². The average molecular weight is 245 g/mol. The lowest BCUT2D eigenvalue weighted by Gasteiger charge is -2.18. The lowest BCUT2D eigenvalue weighted by Crippen LogP contribution is -2.19. The molecule has 15 heavy (non-hydrogen) atoms. The lowest BCUT2D eigenvalue weighted by atomic mass is 10.2. The van der Waals surface area contributed by atoms with Gasteiger partial charge in [-0.2, -0.15) is 8.42 Å². The summed E-state index contributed by atoms with van der Waals surface area (Å²) < 4.78 is 27.1. The zero-order chi connectivity index (χ0) is 11.2. The van der Waals surface area contributed by atoms with Crippen molar-refractivity contribution in [3.8, 4) is 0 Å². The summed E-state index contributed by atoms with van der Waals surface area (Å²) in [4.78, 5) is 0.167. The van der Waals surface area contributed by atoms with Gasteiger partial charge in [-0.15, -0.1) is 4.40 Å². The topological polar surface area (TPSA) is 58.5 Å². The van der Waals surface area contributed by atoms with Crippen molar-refractivity contribution < 1.29 is 8.42 Å². The molecule has 0 unspecified atom stereocenters. The highest BCUT2D eigenvalue weighted by molar-refractivity contribution is 7.90. The molecule has 4 nitrogen and oxygen atoms in total. The number of rotatable bonds is 0. The van der Waals surface area contributed by atoms with E-state index in [2.05, 4.69) is 9.71 Å². The smallest absolute Gasteiger partial charge is 0.286 e. The number of amidine groups is 1. The molecule has 2 rings (SSSR count). The van der Waals surface area contributed by atoms with E-state index in [9.17, 15) is 8.42 Å². The predicted octanol–water partition coefficient (Wildman–Crippen LogP) is 2.18. The number of nitrogens with one attached hydrogen (secondary N) is 1. The molecule has 0 bridgehead atoms. The Morgan fingerprint density at radius 2 is 2.00 bits per heavy atom. The van der Waals surface area contributed by atoms with Gasteiger partial charge in [0.05, 0.1) is 5.69 Å². The Hall–Kier alpha value is -1.07. The van der Waals surface area contributed by atoms with Crippen molar-refractivity contribution in [3.63, 3.8) is 0 Å².